The van der Waals surface area contributed by atoms with Crippen molar-refractivity contribution in [3.05, 3.63) is 56.3 Å². The molecular formula is C16H14ClN3O4. The van der Waals surface area contributed by atoms with Gasteiger partial charge in [-0.3, -0.25) is 18.7 Å². The predicted octanol–water partition coefficient (Wildman–Crippen LogP) is 1.44. The van der Waals surface area contributed by atoms with E-state index in [4.69, 9.17) is 11.6 Å². The van der Waals surface area contributed by atoms with Gasteiger partial charge in [0.05, 0.1) is 16.6 Å². The number of hydrogen-bond donors (Lipinski definition) is 1. The van der Waals surface area contributed by atoms with E-state index >= 15 is 0 Å². The van der Waals surface area contributed by atoms with Gasteiger partial charge in [-0.15, -0.1) is 0 Å². The highest BCUT2D eigenvalue weighted by molar-refractivity contribution is 6.33. The van der Waals surface area contributed by atoms with Crippen molar-refractivity contribution in [3.8, 4) is 11.3 Å². The Hall–Kier alpha value is -2.80. The first-order valence-corrected chi connectivity index (χ1v) is 7.46. The molecule has 0 radical (unpaired) electrons. The summed E-state index contributed by atoms with van der Waals surface area (Å²) >= 11 is 6.25. The van der Waals surface area contributed by atoms with Gasteiger partial charge >= 0.3 is 11.7 Å². The molecule has 8 heteroatoms. The van der Waals surface area contributed by atoms with E-state index in [1.807, 2.05) is 0 Å². The second-order valence-corrected chi connectivity index (χ2v) is 5.85. The van der Waals surface area contributed by atoms with E-state index in [1.165, 1.54) is 29.4 Å². The molecule has 0 saturated heterocycles. The summed E-state index contributed by atoms with van der Waals surface area (Å²) in [4.78, 5) is 36.0. The van der Waals surface area contributed by atoms with Gasteiger partial charge in [-0.2, -0.15) is 0 Å². The molecule has 0 bridgehead atoms. The smallest absolute Gasteiger partial charge is 0.330 e. The Morgan fingerprint density at radius 2 is 1.83 bits per heavy atom. The van der Waals surface area contributed by atoms with Gasteiger partial charge in [0.1, 0.15) is 6.54 Å². The lowest BCUT2D eigenvalue weighted by Gasteiger charge is -2.09. The van der Waals surface area contributed by atoms with Gasteiger partial charge in [-0.25, -0.2) is 4.79 Å². The van der Waals surface area contributed by atoms with Crippen LogP contribution in [0.15, 0.2) is 40.1 Å². The Morgan fingerprint density at radius 3 is 2.46 bits per heavy atom. The van der Waals surface area contributed by atoms with Crippen LogP contribution in [0.3, 0.4) is 0 Å². The van der Waals surface area contributed by atoms with Gasteiger partial charge in [0, 0.05) is 30.9 Å². The fraction of sp³-hybridized carbons (Fsp3) is 0.188. The molecule has 124 valence electrons. The van der Waals surface area contributed by atoms with Crippen molar-refractivity contribution < 1.29 is 9.90 Å². The highest BCUT2D eigenvalue weighted by Gasteiger charge is 2.21. The van der Waals surface area contributed by atoms with Gasteiger partial charge in [-0.1, -0.05) is 29.8 Å². The number of rotatable bonds is 3. The van der Waals surface area contributed by atoms with Crippen LogP contribution < -0.4 is 11.2 Å². The average molecular weight is 348 g/mol. The number of nitrogens with zero attached hydrogens (tertiary/aromatic N) is 3. The second kappa shape index (κ2) is 5.68. The molecule has 3 aromatic rings. The van der Waals surface area contributed by atoms with E-state index in [1.54, 1.807) is 24.3 Å². The van der Waals surface area contributed by atoms with Crippen LogP contribution in [0.1, 0.15) is 0 Å². The Labute approximate surface area is 140 Å². The van der Waals surface area contributed by atoms with Crippen molar-refractivity contribution in [2.75, 3.05) is 0 Å². The fourth-order valence-electron chi connectivity index (χ4n) is 2.80. The van der Waals surface area contributed by atoms with Gasteiger partial charge in [0.2, 0.25) is 0 Å². The molecule has 1 N–H and O–H groups in total. The lowest BCUT2D eigenvalue weighted by atomic mass is 10.1. The van der Waals surface area contributed by atoms with Crippen LogP contribution in [0.2, 0.25) is 5.02 Å². The molecular weight excluding hydrogens is 334 g/mol. The number of aliphatic carboxylic acids is 1. The Balaban J connectivity index is 2.54. The van der Waals surface area contributed by atoms with Crippen LogP contribution >= 0.6 is 11.6 Å². The van der Waals surface area contributed by atoms with Crippen LogP contribution in [0.25, 0.3) is 22.2 Å². The number of halogens is 1. The zero-order chi connectivity index (χ0) is 17.6. The molecule has 1 aromatic carbocycles. The SMILES string of the molecule is Cn1c(=O)c2c(-c3ccccc3Cl)n(CC(=O)O)cc2n(C)c1=O. The summed E-state index contributed by atoms with van der Waals surface area (Å²) in [5, 5.41) is 9.82. The first-order valence-electron chi connectivity index (χ1n) is 7.08. The maximum atomic E-state index is 12.7. The Morgan fingerprint density at radius 1 is 1.17 bits per heavy atom. The molecule has 0 aliphatic carbocycles. The summed E-state index contributed by atoms with van der Waals surface area (Å²) in [6.07, 6.45) is 1.49. The van der Waals surface area contributed by atoms with Crippen LogP contribution in [-0.2, 0) is 25.4 Å². The molecule has 3 rings (SSSR count). The normalized spacial score (nSPS) is 11.1. The molecule has 2 aromatic heterocycles. The molecule has 0 aliphatic rings. The number of fused-ring (bicyclic) bond motifs is 1. The molecule has 0 unspecified atom stereocenters. The van der Waals surface area contributed by atoms with Crippen molar-refractivity contribution in [2.24, 2.45) is 14.1 Å². The monoisotopic (exact) mass is 347 g/mol. The zero-order valence-electron chi connectivity index (χ0n) is 13.0. The van der Waals surface area contributed by atoms with E-state index < -0.39 is 17.2 Å². The van der Waals surface area contributed by atoms with E-state index in [0.29, 0.717) is 21.8 Å². The zero-order valence-corrected chi connectivity index (χ0v) is 13.7. The number of carboxylic acids is 1. The van der Waals surface area contributed by atoms with E-state index in [-0.39, 0.29) is 11.9 Å². The lowest BCUT2D eigenvalue weighted by molar-refractivity contribution is -0.137. The molecule has 0 spiro atoms. The molecule has 0 saturated carbocycles. The van der Waals surface area contributed by atoms with Crippen LogP contribution in [-0.4, -0.2) is 24.8 Å². The number of carbonyl (C=O) groups is 1. The quantitative estimate of drug-likeness (QED) is 0.776. The lowest BCUT2D eigenvalue weighted by Crippen LogP contribution is -2.36. The van der Waals surface area contributed by atoms with Gasteiger partial charge in [0.25, 0.3) is 5.56 Å². The van der Waals surface area contributed by atoms with Gasteiger partial charge < -0.3 is 9.67 Å². The minimum absolute atomic E-state index is 0.258. The van der Waals surface area contributed by atoms with Gasteiger partial charge in [0.15, 0.2) is 0 Å². The number of benzene rings is 1. The van der Waals surface area contributed by atoms with E-state index in [9.17, 15) is 19.5 Å². The van der Waals surface area contributed by atoms with Crippen LogP contribution in [0, 0.1) is 0 Å². The average Bonchev–Trinajstić information content (AvgIpc) is 2.90. The third kappa shape index (κ3) is 2.33. The largest absolute Gasteiger partial charge is 0.480 e. The van der Waals surface area contributed by atoms with E-state index in [2.05, 4.69) is 0 Å². The third-order valence-corrected chi connectivity index (χ3v) is 4.28. The highest BCUT2D eigenvalue weighted by atomic mass is 35.5. The third-order valence-electron chi connectivity index (χ3n) is 3.95. The predicted molar refractivity (Wildman–Crippen MR) is 90.5 cm³/mol. The minimum atomic E-state index is -1.06. The summed E-state index contributed by atoms with van der Waals surface area (Å²) in [6.45, 7) is -0.355. The fourth-order valence-corrected chi connectivity index (χ4v) is 3.03. The van der Waals surface area contributed by atoms with Crippen molar-refractivity contribution in [3.63, 3.8) is 0 Å². The maximum absolute atomic E-state index is 12.7. The molecule has 7 nitrogen and oxygen atoms in total. The summed E-state index contributed by atoms with van der Waals surface area (Å²) in [5.74, 6) is -1.06. The first kappa shape index (κ1) is 16.1. The van der Waals surface area contributed by atoms with Crippen molar-refractivity contribution in [1.29, 1.82) is 0 Å². The molecule has 24 heavy (non-hydrogen) atoms. The minimum Gasteiger partial charge on any atom is -0.480 e. The number of aromatic nitrogens is 3. The first-order chi connectivity index (χ1) is 11.3. The summed E-state index contributed by atoms with van der Waals surface area (Å²) in [7, 11) is 2.92. The molecule has 0 atom stereocenters. The Kier molecular flexibility index (Phi) is 3.81. The summed E-state index contributed by atoms with van der Waals surface area (Å²) in [6, 6.07) is 6.86. The summed E-state index contributed by atoms with van der Waals surface area (Å²) in [5.41, 5.74) is 0.303. The van der Waals surface area contributed by atoms with Crippen molar-refractivity contribution in [1.82, 2.24) is 13.7 Å². The van der Waals surface area contributed by atoms with E-state index in [0.717, 1.165) is 4.57 Å². The molecule has 0 fully saturated rings. The van der Waals surface area contributed by atoms with Crippen LogP contribution in [0.4, 0.5) is 0 Å². The molecule has 0 amide bonds. The molecule has 0 aliphatic heterocycles. The highest BCUT2D eigenvalue weighted by Crippen LogP contribution is 2.32. The van der Waals surface area contributed by atoms with Crippen molar-refractivity contribution >= 4 is 28.5 Å². The number of hydrogen-bond acceptors (Lipinski definition) is 3. The maximum Gasteiger partial charge on any atom is 0.330 e. The van der Waals surface area contributed by atoms with Crippen molar-refractivity contribution in [2.45, 2.75) is 6.54 Å². The Bertz CT molecular complexity index is 1090. The number of carboxylic acid groups (broad SMARTS) is 1. The molecule has 2 heterocycles. The summed E-state index contributed by atoms with van der Waals surface area (Å²) < 4.78 is 3.73. The van der Waals surface area contributed by atoms with Crippen LogP contribution in [0.5, 0.6) is 0 Å². The standard InChI is InChI=1S/C16H14ClN3O4/c1-18-11-7-20(8-12(21)22)14(9-5-3-4-6-10(9)17)13(11)15(23)19(2)16(18)24/h3-7H,8H2,1-2H3,(H,21,22). The number of aryl methyl sites for hydroxylation is 1. The second-order valence-electron chi connectivity index (χ2n) is 5.45. The van der Waals surface area contributed by atoms with Gasteiger partial charge in [-0.05, 0) is 6.07 Å². The topological polar surface area (TPSA) is 86.2 Å².